The molecule has 2 rings (SSSR count). The number of allylic oxidation sites excluding steroid dienone is 1. The van der Waals surface area contributed by atoms with Gasteiger partial charge in [0, 0.05) is 27.9 Å². The number of phenols is 1. The Balaban J connectivity index is 2.29. The molecule has 0 aromatic heterocycles. The SMILES string of the molecule is C=C(C)C(C)c1cc(Cc2c(Cl)cc(OCP(=O)(O)O)cc2Cl)ccc1O. The van der Waals surface area contributed by atoms with Crippen molar-refractivity contribution in [2.45, 2.75) is 26.2 Å². The molecular formula is C19H21Cl2O5P. The zero-order valence-corrected chi connectivity index (χ0v) is 17.4. The lowest BCUT2D eigenvalue weighted by Crippen LogP contribution is -2.00. The topological polar surface area (TPSA) is 87.0 Å². The van der Waals surface area contributed by atoms with Crippen LogP contribution in [0.2, 0.25) is 10.0 Å². The molecule has 0 saturated heterocycles. The number of ether oxygens (including phenoxy) is 1. The van der Waals surface area contributed by atoms with Crippen LogP contribution in [0.4, 0.5) is 0 Å². The summed E-state index contributed by atoms with van der Waals surface area (Å²) in [5, 5.41) is 10.8. The molecule has 146 valence electrons. The maximum Gasteiger partial charge on any atom is 0.362 e. The van der Waals surface area contributed by atoms with Crippen molar-refractivity contribution in [1.29, 1.82) is 0 Å². The molecule has 0 amide bonds. The van der Waals surface area contributed by atoms with Crippen LogP contribution in [0.5, 0.6) is 11.5 Å². The molecule has 1 atom stereocenters. The third-order valence-electron chi connectivity index (χ3n) is 4.19. The Morgan fingerprint density at radius 2 is 1.81 bits per heavy atom. The Bertz CT molecular complexity index is 884. The zero-order chi connectivity index (χ0) is 20.4. The second-order valence-corrected chi connectivity index (χ2v) is 8.84. The third-order valence-corrected chi connectivity index (χ3v) is 5.33. The van der Waals surface area contributed by atoms with E-state index in [2.05, 4.69) is 6.58 Å². The van der Waals surface area contributed by atoms with Gasteiger partial charge in [-0.05, 0) is 36.2 Å². The molecule has 0 saturated carbocycles. The number of halogens is 2. The van der Waals surface area contributed by atoms with E-state index >= 15 is 0 Å². The average Bonchev–Trinajstić information content (AvgIpc) is 2.56. The molecule has 0 spiro atoms. The lowest BCUT2D eigenvalue weighted by Gasteiger charge is -2.16. The summed E-state index contributed by atoms with van der Waals surface area (Å²) in [6.45, 7) is 7.81. The van der Waals surface area contributed by atoms with Gasteiger partial charge >= 0.3 is 7.60 Å². The van der Waals surface area contributed by atoms with Crippen molar-refractivity contribution in [1.82, 2.24) is 0 Å². The fraction of sp³-hybridized carbons (Fsp3) is 0.263. The van der Waals surface area contributed by atoms with Crippen LogP contribution < -0.4 is 4.74 Å². The molecule has 2 aromatic carbocycles. The molecule has 0 heterocycles. The molecule has 1 unspecified atom stereocenters. The first-order chi connectivity index (χ1) is 12.5. The van der Waals surface area contributed by atoms with Gasteiger partial charge in [0.15, 0.2) is 6.35 Å². The van der Waals surface area contributed by atoms with Crippen LogP contribution in [-0.2, 0) is 11.0 Å². The highest BCUT2D eigenvalue weighted by molar-refractivity contribution is 7.51. The van der Waals surface area contributed by atoms with Crippen molar-refractivity contribution >= 4 is 30.8 Å². The van der Waals surface area contributed by atoms with Gasteiger partial charge < -0.3 is 19.6 Å². The summed E-state index contributed by atoms with van der Waals surface area (Å²) in [5.41, 5.74) is 3.27. The summed E-state index contributed by atoms with van der Waals surface area (Å²) < 4.78 is 16.0. The largest absolute Gasteiger partial charge is 0.508 e. The Labute approximate surface area is 168 Å². The predicted octanol–water partition coefficient (Wildman–Crippen LogP) is 5.48. The van der Waals surface area contributed by atoms with Crippen LogP contribution in [0.1, 0.15) is 36.5 Å². The minimum Gasteiger partial charge on any atom is -0.508 e. The third kappa shape index (κ3) is 6.00. The Kier molecular flexibility index (Phi) is 7.01. The number of phenolic OH excluding ortho intramolecular Hbond substituents is 1. The van der Waals surface area contributed by atoms with E-state index in [9.17, 15) is 9.67 Å². The van der Waals surface area contributed by atoms with Gasteiger partial charge in [0.05, 0.1) is 0 Å². The van der Waals surface area contributed by atoms with E-state index in [1.165, 1.54) is 12.1 Å². The van der Waals surface area contributed by atoms with Gasteiger partial charge in [0.1, 0.15) is 11.5 Å². The summed E-state index contributed by atoms with van der Waals surface area (Å²) >= 11 is 12.6. The van der Waals surface area contributed by atoms with E-state index < -0.39 is 13.9 Å². The Morgan fingerprint density at radius 3 is 2.33 bits per heavy atom. The van der Waals surface area contributed by atoms with E-state index in [0.29, 0.717) is 22.0 Å². The fourth-order valence-electron chi connectivity index (χ4n) is 2.52. The monoisotopic (exact) mass is 430 g/mol. The molecule has 0 aliphatic rings. The van der Waals surface area contributed by atoms with Gasteiger partial charge in [-0.1, -0.05) is 54.4 Å². The Hall–Kier alpha value is -1.49. The van der Waals surface area contributed by atoms with Gasteiger partial charge in [-0.25, -0.2) is 0 Å². The highest BCUT2D eigenvalue weighted by Gasteiger charge is 2.17. The van der Waals surface area contributed by atoms with Crippen molar-refractivity contribution < 1.29 is 24.2 Å². The lowest BCUT2D eigenvalue weighted by atomic mass is 9.91. The molecule has 3 N–H and O–H groups in total. The zero-order valence-electron chi connectivity index (χ0n) is 14.9. The fourth-order valence-corrected chi connectivity index (χ4v) is 3.44. The lowest BCUT2D eigenvalue weighted by molar-refractivity contribution is 0.300. The van der Waals surface area contributed by atoms with Crippen LogP contribution in [0, 0.1) is 0 Å². The number of rotatable bonds is 7. The summed E-state index contributed by atoms with van der Waals surface area (Å²) in [6, 6.07) is 8.24. The summed E-state index contributed by atoms with van der Waals surface area (Å²) in [5.74, 6) is 0.381. The molecule has 0 bridgehead atoms. The minimum absolute atomic E-state index is 0.000626. The van der Waals surface area contributed by atoms with Gasteiger partial charge in [0.2, 0.25) is 0 Å². The van der Waals surface area contributed by atoms with E-state index in [4.69, 9.17) is 37.7 Å². The van der Waals surface area contributed by atoms with Crippen LogP contribution >= 0.6 is 30.8 Å². The van der Waals surface area contributed by atoms with Crippen LogP contribution in [-0.4, -0.2) is 21.2 Å². The predicted molar refractivity (Wildman–Crippen MR) is 108 cm³/mol. The number of hydrogen-bond donors (Lipinski definition) is 3. The molecule has 27 heavy (non-hydrogen) atoms. The van der Waals surface area contributed by atoms with Crippen LogP contribution in [0.3, 0.4) is 0 Å². The van der Waals surface area contributed by atoms with Gasteiger partial charge in [-0.3, -0.25) is 4.57 Å². The maximum absolute atomic E-state index is 10.9. The molecule has 0 aliphatic heterocycles. The smallest absolute Gasteiger partial charge is 0.362 e. The number of benzene rings is 2. The Morgan fingerprint density at radius 1 is 1.22 bits per heavy atom. The van der Waals surface area contributed by atoms with Crippen molar-refractivity contribution in [3.05, 3.63) is 69.2 Å². The molecule has 2 aromatic rings. The molecule has 0 fully saturated rings. The normalized spacial score (nSPS) is 12.7. The first-order valence-electron chi connectivity index (χ1n) is 8.10. The van der Waals surface area contributed by atoms with E-state index in [1.54, 1.807) is 12.1 Å². The van der Waals surface area contributed by atoms with Gasteiger partial charge in [-0.2, -0.15) is 0 Å². The maximum atomic E-state index is 10.9. The van der Waals surface area contributed by atoms with E-state index in [-0.39, 0.29) is 17.4 Å². The van der Waals surface area contributed by atoms with E-state index in [0.717, 1.165) is 16.7 Å². The molecule has 5 nitrogen and oxygen atoms in total. The molecule has 0 aliphatic carbocycles. The second kappa shape index (κ2) is 8.68. The summed E-state index contributed by atoms with van der Waals surface area (Å²) in [7, 11) is -4.30. The van der Waals surface area contributed by atoms with Gasteiger partial charge in [0.25, 0.3) is 0 Å². The number of aromatic hydroxyl groups is 1. The van der Waals surface area contributed by atoms with Crippen LogP contribution in [0.15, 0.2) is 42.5 Å². The quantitative estimate of drug-likeness (QED) is 0.399. The van der Waals surface area contributed by atoms with Crippen molar-refractivity contribution in [2.24, 2.45) is 0 Å². The summed E-state index contributed by atoms with van der Waals surface area (Å²) in [6.07, 6.45) is -0.328. The van der Waals surface area contributed by atoms with E-state index in [1.807, 2.05) is 19.9 Å². The van der Waals surface area contributed by atoms with Gasteiger partial charge in [-0.15, -0.1) is 0 Å². The van der Waals surface area contributed by atoms with Crippen molar-refractivity contribution in [3.63, 3.8) is 0 Å². The van der Waals surface area contributed by atoms with Crippen LogP contribution in [0.25, 0.3) is 0 Å². The van der Waals surface area contributed by atoms with Crippen molar-refractivity contribution in [3.8, 4) is 11.5 Å². The first kappa shape index (κ1) is 21.8. The molecular weight excluding hydrogens is 410 g/mol. The highest BCUT2D eigenvalue weighted by atomic mass is 35.5. The molecule has 0 radical (unpaired) electrons. The average molecular weight is 431 g/mol. The first-order valence-corrected chi connectivity index (χ1v) is 10.7. The minimum atomic E-state index is -4.30. The number of hydrogen-bond acceptors (Lipinski definition) is 3. The second-order valence-electron chi connectivity index (χ2n) is 6.44. The highest BCUT2D eigenvalue weighted by Crippen LogP contribution is 2.38. The standard InChI is InChI=1S/C19H21Cl2O5P/c1-11(2)12(3)15-6-13(4-5-19(15)22)7-16-17(20)8-14(9-18(16)21)26-10-27(23,24)25/h4-6,8-9,12,22H,1,7,10H2,2-3H3,(H2,23,24,25). The van der Waals surface area contributed by atoms with Crippen molar-refractivity contribution in [2.75, 3.05) is 6.35 Å². The molecule has 8 heteroatoms. The summed E-state index contributed by atoms with van der Waals surface area (Å²) in [4.78, 5) is 17.8.